The summed E-state index contributed by atoms with van der Waals surface area (Å²) >= 11 is 0. The lowest BCUT2D eigenvalue weighted by atomic mass is 10.1. The summed E-state index contributed by atoms with van der Waals surface area (Å²) in [5.74, 6) is 0.674. The second kappa shape index (κ2) is 11.9. The molecule has 0 saturated carbocycles. The number of anilines is 1. The van der Waals surface area contributed by atoms with E-state index in [1.807, 2.05) is 35.8 Å². The van der Waals surface area contributed by atoms with E-state index in [0.29, 0.717) is 12.3 Å². The normalized spacial score (nSPS) is 15.4. The van der Waals surface area contributed by atoms with Gasteiger partial charge in [0.15, 0.2) is 5.69 Å². The minimum atomic E-state index is -0.212. The van der Waals surface area contributed by atoms with Gasteiger partial charge in [0, 0.05) is 55.2 Å². The molecule has 4 heterocycles. The van der Waals surface area contributed by atoms with E-state index < -0.39 is 0 Å². The van der Waals surface area contributed by atoms with Crippen molar-refractivity contribution >= 4 is 47.3 Å². The highest BCUT2D eigenvalue weighted by molar-refractivity contribution is 5.95. The van der Waals surface area contributed by atoms with Crippen LogP contribution in [0.3, 0.4) is 0 Å². The Bertz CT molecular complexity index is 1660. The summed E-state index contributed by atoms with van der Waals surface area (Å²) in [6.45, 7) is 7.34. The highest BCUT2D eigenvalue weighted by atomic mass is 35.5. The maximum Gasteiger partial charge on any atom is 0.276 e. The highest BCUT2D eigenvalue weighted by Gasteiger charge is 2.27. The number of nitrogens with one attached hydrogen (secondary N) is 1. The van der Waals surface area contributed by atoms with Gasteiger partial charge in [-0.3, -0.25) is 19.2 Å². The van der Waals surface area contributed by atoms with Crippen LogP contribution in [-0.4, -0.2) is 58.1 Å². The quantitative estimate of drug-likeness (QED) is 0.340. The molecule has 0 atom stereocenters. The molecule has 4 aromatic rings. The predicted octanol–water partition coefficient (Wildman–Crippen LogP) is 5.01. The zero-order valence-corrected chi connectivity index (χ0v) is 24.4. The van der Waals surface area contributed by atoms with Crippen molar-refractivity contribution in [3.05, 3.63) is 101 Å². The third kappa shape index (κ3) is 5.43. The van der Waals surface area contributed by atoms with E-state index in [4.69, 9.17) is 9.72 Å². The molecule has 1 saturated heterocycles. The molecule has 8 nitrogen and oxygen atoms in total. The molecule has 0 radical (unpaired) electrons. The molecule has 0 unspecified atom stereocenters. The molecule has 1 N–H and O–H groups in total. The van der Waals surface area contributed by atoms with Gasteiger partial charge in [-0.1, -0.05) is 24.3 Å². The first kappa shape index (κ1) is 28.7. The first-order valence-corrected chi connectivity index (χ1v) is 13.5. The van der Waals surface area contributed by atoms with Crippen LogP contribution in [-0.2, 0) is 13.0 Å². The number of rotatable bonds is 6. The van der Waals surface area contributed by atoms with Crippen molar-refractivity contribution in [2.24, 2.45) is 0 Å². The lowest BCUT2D eigenvalue weighted by molar-refractivity contribution is 0.0959. The van der Waals surface area contributed by atoms with Crippen LogP contribution in [0.25, 0.3) is 16.6 Å². The molecule has 1 amide bonds. The number of nitrogens with zero attached hydrogens (tertiary/aromatic N) is 5. The summed E-state index contributed by atoms with van der Waals surface area (Å²) in [5, 5.41) is 4.10. The van der Waals surface area contributed by atoms with Crippen LogP contribution < -0.4 is 15.0 Å². The van der Waals surface area contributed by atoms with Crippen molar-refractivity contribution in [2.45, 2.75) is 20.0 Å². The number of allylic oxidation sites excluding steroid dienone is 3. The van der Waals surface area contributed by atoms with Crippen LogP contribution in [0.1, 0.15) is 27.4 Å². The van der Waals surface area contributed by atoms with Gasteiger partial charge in [-0.2, -0.15) is 0 Å². The number of piperazine rings is 1. The Labute approximate surface area is 251 Å². The first-order valence-electron chi connectivity index (χ1n) is 13.5. The lowest BCUT2D eigenvalue weighted by Crippen LogP contribution is -2.47. The average Bonchev–Trinajstić information content (AvgIpc) is 3.38. The number of carbonyl (C=O) groups is 1. The lowest BCUT2D eigenvalue weighted by Gasteiger charge is -2.36. The smallest absolute Gasteiger partial charge is 0.276 e. The van der Waals surface area contributed by atoms with E-state index in [1.165, 1.54) is 16.6 Å². The molecule has 10 heteroatoms. The number of para-hydroxylation sites is 1. The minimum Gasteiger partial charge on any atom is -0.485 e. The standard InChI is InChI=1S/C31H30N6O2.2ClH/c1-21-11-12-24-25(33-21)8-4-9-26(24)36-17-15-35(16-18-36)14-13-22-5-2-10-27-30(22)39-19-28-29(32-20-37(27)28)31(38)34-23-6-3-7-23;;/h2-12,20H,13-19H2,1H3,(H,34,38);2*1H. The van der Waals surface area contributed by atoms with Gasteiger partial charge in [0.05, 0.1) is 16.9 Å². The van der Waals surface area contributed by atoms with Gasteiger partial charge in [0.25, 0.3) is 5.91 Å². The number of aromatic nitrogens is 3. The van der Waals surface area contributed by atoms with Crippen LogP contribution in [0.4, 0.5) is 5.69 Å². The van der Waals surface area contributed by atoms with E-state index in [-0.39, 0.29) is 30.7 Å². The fourth-order valence-corrected chi connectivity index (χ4v) is 5.65. The number of benzene rings is 2. The number of fused-ring (bicyclic) bond motifs is 4. The Balaban J connectivity index is 0.00000169. The van der Waals surface area contributed by atoms with Crippen LogP contribution in [0.5, 0.6) is 5.75 Å². The predicted molar refractivity (Wildman–Crippen MR) is 166 cm³/mol. The van der Waals surface area contributed by atoms with Gasteiger partial charge >= 0.3 is 0 Å². The molecule has 2 aromatic heterocycles. The summed E-state index contributed by atoms with van der Waals surface area (Å²) in [4.78, 5) is 26.8. The Morgan fingerprint density at radius 3 is 2.56 bits per heavy atom. The van der Waals surface area contributed by atoms with E-state index in [9.17, 15) is 4.79 Å². The summed E-state index contributed by atoms with van der Waals surface area (Å²) in [7, 11) is 0. The van der Waals surface area contributed by atoms with Crippen molar-refractivity contribution in [3.63, 3.8) is 0 Å². The number of amides is 1. The molecule has 3 aliphatic rings. The van der Waals surface area contributed by atoms with E-state index in [0.717, 1.165) is 73.2 Å². The number of imidazole rings is 1. The molecule has 2 aromatic carbocycles. The third-order valence-electron chi connectivity index (χ3n) is 7.84. The van der Waals surface area contributed by atoms with Crippen molar-refractivity contribution < 1.29 is 9.53 Å². The van der Waals surface area contributed by atoms with Gasteiger partial charge in [0.1, 0.15) is 18.7 Å². The number of halogens is 2. The molecule has 1 aliphatic carbocycles. The molecule has 212 valence electrons. The van der Waals surface area contributed by atoms with E-state index in [1.54, 1.807) is 6.33 Å². The van der Waals surface area contributed by atoms with Crippen molar-refractivity contribution in [1.82, 2.24) is 24.8 Å². The van der Waals surface area contributed by atoms with Gasteiger partial charge in [0.2, 0.25) is 0 Å². The number of carbonyl (C=O) groups excluding carboxylic acids is 1. The van der Waals surface area contributed by atoms with Crippen LogP contribution in [0.2, 0.25) is 0 Å². The fourth-order valence-electron chi connectivity index (χ4n) is 5.65. The van der Waals surface area contributed by atoms with Crippen molar-refractivity contribution in [3.8, 4) is 11.4 Å². The Morgan fingerprint density at radius 2 is 1.78 bits per heavy atom. The second-order valence-electron chi connectivity index (χ2n) is 10.3. The number of ether oxygens (including phenoxy) is 1. The Hall–Kier alpha value is -3.85. The third-order valence-corrected chi connectivity index (χ3v) is 7.84. The molecular weight excluding hydrogens is 559 g/mol. The van der Waals surface area contributed by atoms with Gasteiger partial charge in [-0.05, 0) is 61.4 Å². The van der Waals surface area contributed by atoms with Crippen molar-refractivity contribution in [1.29, 1.82) is 0 Å². The highest BCUT2D eigenvalue weighted by Crippen LogP contribution is 2.35. The zero-order chi connectivity index (χ0) is 26.3. The van der Waals surface area contributed by atoms with Gasteiger partial charge in [-0.15, -0.1) is 24.8 Å². The molecular formula is C31H32Cl2N6O2. The minimum absolute atomic E-state index is 0. The average molecular weight is 592 g/mol. The van der Waals surface area contributed by atoms with Crippen molar-refractivity contribution in [2.75, 3.05) is 37.6 Å². The van der Waals surface area contributed by atoms with Crippen LogP contribution in [0.15, 0.2) is 78.8 Å². The summed E-state index contributed by atoms with van der Waals surface area (Å²) in [5.41, 5.74) is 7.48. The zero-order valence-electron chi connectivity index (χ0n) is 22.7. The SMILES string of the molecule is Cc1ccc2c(N3CCN(CCc4cccc5c4OCc4c(C(=O)NC6=CC=C6)ncn4-5)CC3)cccc2n1.Cl.Cl. The number of pyridine rings is 1. The van der Waals surface area contributed by atoms with E-state index >= 15 is 0 Å². The summed E-state index contributed by atoms with van der Waals surface area (Å²) in [6.07, 6.45) is 8.24. The van der Waals surface area contributed by atoms with Gasteiger partial charge < -0.3 is 15.0 Å². The molecule has 0 spiro atoms. The molecule has 1 fully saturated rings. The van der Waals surface area contributed by atoms with Crippen LogP contribution >= 0.6 is 24.8 Å². The topological polar surface area (TPSA) is 75.5 Å². The molecule has 2 aliphatic heterocycles. The first-order chi connectivity index (χ1) is 19.1. The monoisotopic (exact) mass is 590 g/mol. The maximum absolute atomic E-state index is 12.7. The molecule has 7 rings (SSSR count). The van der Waals surface area contributed by atoms with E-state index in [2.05, 4.69) is 62.6 Å². The number of hydrogen-bond donors (Lipinski definition) is 1. The molecule has 0 bridgehead atoms. The number of aryl methyl sites for hydroxylation is 1. The molecule has 41 heavy (non-hydrogen) atoms. The summed E-state index contributed by atoms with van der Waals surface area (Å²) in [6, 6.07) is 16.9. The van der Waals surface area contributed by atoms with Crippen LogP contribution in [0, 0.1) is 6.92 Å². The Kier molecular flexibility index (Phi) is 8.35. The summed E-state index contributed by atoms with van der Waals surface area (Å²) < 4.78 is 8.23. The fraction of sp³-hybridized carbons (Fsp3) is 0.258. The maximum atomic E-state index is 12.7. The number of hydrogen-bond acceptors (Lipinski definition) is 6. The Morgan fingerprint density at radius 1 is 1.00 bits per heavy atom. The van der Waals surface area contributed by atoms with Gasteiger partial charge in [-0.25, -0.2) is 4.98 Å². The second-order valence-corrected chi connectivity index (χ2v) is 10.3. The largest absolute Gasteiger partial charge is 0.485 e.